The van der Waals surface area contributed by atoms with E-state index in [-0.39, 0.29) is 5.41 Å². The molecule has 3 aromatic heterocycles. The van der Waals surface area contributed by atoms with E-state index >= 15 is 0 Å². The van der Waals surface area contributed by atoms with Crippen LogP contribution < -0.4 is 10.1 Å². The van der Waals surface area contributed by atoms with E-state index < -0.39 is 11.6 Å². The van der Waals surface area contributed by atoms with Crippen molar-refractivity contribution in [1.29, 1.82) is 0 Å². The Labute approximate surface area is 316 Å². The minimum absolute atomic E-state index is 0.0909. The largest absolute Gasteiger partial charge is 0.492 e. The van der Waals surface area contributed by atoms with Crippen molar-refractivity contribution in [1.82, 2.24) is 25.1 Å². The minimum atomic E-state index is -0.792. The van der Waals surface area contributed by atoms with E-state index in [4.69, 9.17) is 24.5 Å². The molecule has 0 saturated heterocycles. The van der Waals surface area contributed by atoms with Gasteiger partial charge in [-0.25, -0.2) is 4.79 Å². The van der Waals surface area contributed by atoms with E-state index in [9.17, 15) is 4.79 Å². The van der Waals surface area contributed by atoms with Crippen LogP contribution in [0.3, 0.4) is 0 Å². The number of pyridine rings is 2. The average molecular weight is 714 g/mol. The second kappa shape index (κ2) is 16.0. The van der Waals surface area contributed by atoms with Crippen molar-refractivity contribution in [2.75, 3.05) is 19.8 Å². The lowest BCUT2D eigenvalue weighted by molar-refractivity contribution is 0.105. The van der Waals surface area contributed by atoms with Gasteiger partial charge in [-0.1, -0.05) is 118 Å². The van der Waals surface area contributed by atoms with Crippen LogP contribution in [0.1, 0.15) is 37.5 Å². The van der Waals surface area contributed by atoms with E-state index in [1.807, 2.05) is 93.7 Å². The molecular weight excluding hydrogens is 671 g/mol. The van der Waals surface area contributed by atoms with Crippen LogP contribution in [-0.4, -0.2) is 45.6 Å². The summed E-state index contributed by atoms with van der Waals surface area (Å²) in [7, 11) is 0. The van der Waals surface area contributed by atoms with Crippen molar-refractivity contribution in [2.24, 2.45) is 5.41 Å². The van der Waals surface area contributed by atoms with Crippen molar-refractivity contribution < 1.29 is 14.3 Å². The van der Waals surface area contributed by atoms with Gasteiger partial charge >= 0.3 is 6.09 Å². The van der Waals surface area contributed by atoms with Crippen LogP contribution in [0.25, 0.3) is 33.8 Å². The minimum Gasteiger partial charge on any atom is -0.492 e. The molecule has 3 heterocycles. The molecule has 8 heteroatoms. The van der Waals surface area contributed by atoms with Crippen molar-refractivity contribution in [3.8, 4) is 39.5 Å². The molecule has 0 unspecified atom stereocenters. The van der Waals surface area contributed by atoms with Gasteiger partial charge in [-0.2, -0.15) is 5.10 Å². The SMILES string of the molecule is CC(C)(C)COC(=O)NCCOc1ccc(-c2cc(-c3cn(C(c4ccccc4)(c4ccccc4)c4ccccc4)nc3-c3ccccn3)ccn2)cc1. The van der Waals surface area contributed by atoms with Gasteiger partial charge in [0.2, 0.25) is 0 Å². The highest BCUT2D eigenvalue weighted by Crippen LogP contribution is 2.43. The maximum absolute atomic E-state index is 12.0. The van der Waals surface area contributed by atoms with E-state index in [0.717, 1.165) is 50.5 Å². The number of nitrogens with one attached hydrogen (secondary N) is 1. The van der Waals surface area contributed by atoms with Gasteiger partial charge in [0.25, 0.3) is 0 Å². The number of alkyl carbamates (subject to hydrolysis) is 1. The van der Waals surface area contributed by atoms with E-state index in [0.29, 0.717) is 25.5 Å². The van der Waals surface area contributed by atoms with Gasteiger partial charge in [0.1, 0.15) is 23.6 Å². The first kappa shape index (κ1) is 35.8. The third-order valence-electron chi connectivity index (χ3n) is 9.04. The molecule has 4 aromatic carbocycles. The lowest BCUT2D eigenvalue weighted by atomic mass is 9.77. The molecule has 1 amide bonds. The summed E-state index contributed by atoms with van der Waals surface area (Å²) < 4.78 is 13.2. The lowest BCUT2D eigenvalue weighted by Gasteiger charge is -2.36. The summed E-state index contributed by atoms with van der Waals surface area (Å²) in [5.41, 5.74) is 7.53. The summed E-state index contributed by atoms with van der Waals surface area (Å²) in [5, 5.41) is 8.15. The zero-order chi connectivity index (χ0) is 37.4. The first-order chi connectivity index (χ1) is 26.3. The molecule has 1 N–H and O–H groups in total. The summed E-state index contributed by atoms with van der Waals surface area (Å²) in [6, 6.07) is 49.4. The van der Waals surface area contributed by atoms with E-state index in [1.54, 1.807) is 6.20 Å². The van der Waals surface area contributed by atoms with Gasteiger partial charge in [-0.15, -0.1) is 0 Å². The molecule has 7 aromatic rings. The van der Waals surface area contributed by atoms with Crippen LogP contribution in [0, 0.1) is 5.41 Å². The van der Waals surface area contributed by atoms with Crippen LogP contribution in [0.2, 0.25) is 0 Å². The normalized spacial score (nSPS) is 11.5. The Morgan fingerprint density at radius 3 is 1.83 bits per heavy atom. The molecule has 270 valence electrons. The van der Waals surface area contributed by atoms with E-state index in [2.05, 4.69) is 95.1 Å². The summed E-state index contributed by atoms with van der Waals surface area (Å²) in [4.78, 5) is 21.5. The number of aromatic nitrogens is 4. The summed E-state index contributed by atoms with van der Waals surface area (Å²) >= 11 is 0. The average Bonchev–Trinajstić information content (AvgIpc) is 3.66. The molecule has 8 nitrogen and oxygen atoms in total. The lowest BCUT2D eigenvalue weighted by Crippen LogP contribution is -2.38. The number of rotatable bonds is 12. The van der Waals surface area contributed by atoms with Gasteiger partial charge in [-0.3, -0.25) is 14.6 Å². The molecule has 0 bridgehead atoms. The van der Waals surface area contributed by atoms with Crippen molar-refractivity contribution >= 4 is 6.09 Å². The molecule has 7 rings (SSSR count). The van der Waals surface area contributed by atoms with Crippen LogP contribution in [0.15, 0.2) is 164 Å². The van der Waals surface area contributed by atoms with Crippen molar-refractivity contribution in [3.63, 3.8) is 0 Å². The molecule has 54 heavy (non-hydrogen) atoms. The van der Waals surface area contributed by atoms with Gasteiger partial charge in [0, 0.05) is 29.7 Å². The highest BCUT2D eigenvalue weighted by atomic mass is 16.5. The fourth-order valence-electron chi connectivity index (χ4n) is 6.52. The fourth-order valence-corrected chi connectivity index (χ4v) is 6.52. The second-order valence-corrected chi connectivity index (χ2v) is 14.2. The molecule has 0 fully saturated rings. The first-order valence-electron chi connectivity index (χ1n) is 18.1. The van der Waals surface area contributed by atoms with Gasteiger partial charge in [-0.05, 0) is 76.2 Å². The first-order valence-corrected chi connectivity index (χ1v) is 18.1. The highest BCUT2D eigenvalue weighted by molar-refractivity contribution is 5.81. The Morgan fingerprint density at radius 2 is 1.26 bits per heavy atom. The smallest absolute Gasteiger partial charge is 0.407 e. The van der Waals surface area contributed by atoms with Gasteiger partial charge in [0.05, 0.1) is 24.5 Å². The number of ether oxygens (including phenoxy) is 2. The summed E-state index contributed by atoms with van der Waals surface area (Å²) in [5.74, 6) is 0.692. The van der Waals surface area contributed by atoms with Crippen LogP contribution >= 0.6 is 0 Å². The van der Waals surface area contributed by atoms with Crippen molar-refractivity contribution in [2.45, 2.75) is 26.3 Å². The van der Waals surface area contributed by atoms with Crippen LogP contribution in [0.5, 0.6) is 5.75 Å². The Balaban J connectivity index is 1.23. The summed E-state index contributed by atoms with van der Waals surface area (Å²) in [6.07, 6.45) is 5.32. The summed E-state index contributed by atoms with van der Waals surface area (Å²) in [6.45, 7) is 7.04. The topological polar surface area (TPSA) is 91.2 Å². The number of carbonyl (C=O) groups is 1. The Morgan fingerprint density at radius 1 is 0.667 bits per heavy atom. The number of nitrogens with zero attached hydrogens (tertiary/aromatic N) is 4. The van der Waals surface area contributed by atoms with E-state index in [1.165, 1.54) is 0 Å². The molecule has 0 atom stereocenters. The second-order valence-electron chi connectivity index (χ2n) is 14.2. The van der Waals surface area contributed by atoms with Gasteiger partial charge < -0.3 is 14.8 Å². The highest BCUT2D eigenvalue weighted by Gasteiger charge is 2.40. The van der Waals surface area contributed by atoms with Crippen LogP contribution in [-0.2, 0) is 10.3 Å². The number of carbonyl (C=O) groups excluding carboxylic acids is 1. The van der Waals surface area contributed by atoms with Gasteiger partial charge in [0.15, 0.2) is 0 Å². The zero-order valence-corrected chi connectivity index (χ0v) is 30.7. The number of hydrogen-bond donors (Lipinski definition) is 1. The molecule has 0 radical (unpaired) electrons. The number of benzene rings is 4. The quantitative estimate of drug-likeness (QED) is 0.100. The zero-order valence-electron chi connectivity index (χ0n) is 30.7. The Bertz CT molecular complexity index is 2170. The number of amides is 1. The monoisotopic (exact) mass is 713 g/mol. The molecule has 0 spiro atoms. The molecule has 0 aliphatic heterocycles. The standard InChI is InChI=1S/C46H43N5O3/c1-45(2,3)33-54-44(52)49-29-30-53-39-24-22-34(23-25-39)42-31-35(26-28-48-42)40-32-51(50-43(40)41-21-13-14-27-47-41)46(36-15-7-4-8-16-36,37-17-9-5-10-18-37)38-19-11-6-12-20-38/h4-28,31-32H,29-30,33H2,1-3H3,(H,49,52). The molecular formula is C46H43N5O3. The number of hydrogen-bond acceptors (Lipinski definition) is 6. The van der Waals surface area contributed by atoms with Crippen molar-refractivity contribution in [3.05, 3.63) is 181 Å². The maximum Gasteiger partial charge on any atom is 0.407 e. The molecule has 0 saturated carbocycles. The predicted octanol–water partition coefficient (Wildman–Crippen LogP) is 9.67. The molecule has 0 aliphatic rings. The fraction of sp³-hybridized carbons (Fsp3) is 0.174. The third kappa shape index (κ3) is 7.93. The Kier molecular flexibility index (Phi) is 10.6. The predicted molar refractivity (Wildman–Crippen MR) is 213 cm³/mol. The molecule has 0 aliphatic carbocycles. The van der Waals surface area contributed by atoms with Crippen LogP contribution in [0.4, 0.5) is 4.79 Å². The third-order valence-corrected chi connectivity index (χ3v) is 9.04. The Hall–Kier alpha value is -6.54. The maximum atomic E-state index is 12.0.